The number of ketones is 1. The maximum Gasteiger partial charge on any atom is 0.320 e. The molecule has 0 aliphatic carbocycles. The quantitative estimate of drug-likeness (QED) is 0.408. The van der Waals surface area contributed by atoms with E-state index in [2.05, 4.69) is 0 Å². The molecule has 6 nitrogen and oxygen atoms in total. The SMILES string of the molecule is NC(CCCCCCC(=O)c1ccc(O)cc1O)C(=O)O. The van der Waals surface area contributed by atoms with Gasteiger partial charge in [0.05, 0.1) is 5.56 Å². The number of carbonyl (C=O) groups is 2. The summed E-state index contributed by atoms with van der Waals surface area (Å²) >= 11 is 0. The average Bonchev–Trinajstić information content (AvgIpc) is 2.41. The number of aliphatic carboxylic acids is 1. The molecule has 1 unspecified atom stereocenters. The van der Waals surface area contributed by atoms with Crippen molar-refractivity contribution in [3.8, 4) is 11.5 Å². The molecule has 0 saturated heterocycles. The zero-order valence-electron chi connectivity index (χ0n) is 11.8. The van der Waals surface area contributed by atoms with Crippen molar-refractivity contribution in [2.45, 2.75) is 44.6 Å². The van der Waals surface area contributed by atoms with Crippen molar-refractivity contribution in [1.29, 1.82) is 0 Å². The Balaban J connectivity index is 2.24. The predicted molar refractivity (Wildman–Crippen MR) is 77.4 cm³/mol. The Kier molecular flexibility index (Phi) is 6.68. The number of rotatable bonds is 9. The highest BCUT2D eigenvalue weighted by Crippen LogP contribution is 2.24. The van der Waals surface area contributed by atoms with E-state index in [0.29, 0.717) is 25.7 Å². The van der Waals surface area contributed by atoms with E-state index >= 15 is 0 Å². The van der Waals surface area contributed by atoms with Gasteiger partial charge in [0.1, 0.15) is 17.5 Å². The van der Waals surface area contributed by atoms with Crippen LogP contribution in [-0.4, -0.2) is 33.1 Å². The molecule has 1 atom stereocenters. The number of unbranched alkanes of at least 4 members (excludes halogenated alkanes) is 3. The molecule has 116 valence electrons. The maximum atomic E-state index is 11.9. The molecular formula is C15H21NO5. The standard InChI is InChI=1S/C15H21NO5/c16-12(15(20)21)5-3-1-2-4-6-13(18)11-8-7-10(17)9-14(11)19/h7-9,12,17,19H,1-6,16H2,(H,20,21). The minimum atomic E-state index is -0.993. The van der Waals surface area contributed by atoms with E-state index in [1.165, 1.54) is 12.1 Å². The van der Waals surface area contributed by atoms with E-state index in [4.69, 9.17) is 15.9 Å². The van der Waals surface area contributed by atoms with Gasteiger partial charge in [-0.05, 0) is 25.0 Å². The first kappa shape index (κ1) is 17.0. The van der Waals surface area contributed by atoms with Gasteiger partial charge in [-0.3, -0.25) is 9.59 Å². The Morgan fingerprint density at radius 1 is 1.10 bits per heavy atom. The van der Waals surface area contributed by atoms with Gasteiger partial charge in [0, 0.05) is 12.5 Å². The van der Waals surface area contributed by atoms with Crippen LogP contribution in [0.1, 0.15) is 48.9 Å². The summed E-state index contributed by atoms with van der Waals surface area (Å²) in [6.07, 6.45) is 3.74. The molecular weight excluding hydrogens is 274 g/mol. The molecule has 0 aliphatic heterocycles. The van der Waals surface area contributed by atoms with Crippen molar-refractivity contribution in [2.75, 3.05) is 0 Å². The van der Waals surface area contributed by atoms with Crippen molar-refractivity contribution in [1.82, 2.24) is 0 Å². The lowest BCUT2D eigenvalue weighted by molar-refractivity contribution is -0.138. The molecule has 0 aromatic heterocycles. The second kappa shape index (κ2) is 8.26. The van der Waals surface area contributed by atoms with E-state index in [-0.39, 0.29) is 22.8 Å². The van der Waals surface area contributed by atoms with Crippen LogP contribution in [0.2, 0.25) is 0 Å². The lowest BCUT2D eigenvalue weighted by Crippen LogP contribution is -2.29. The summed E-state index contributed by atoms with van der Waals surface area (Å²) < 4.78 is 0. The zero-order chi connectivity index (χ0) is 15.8. The van der Waals surface area contributed by atoms with Crippen molar-refractivity contribution in [3.63, 3.8) is 0 Å². The van der Waals surface area contributed by atoms with Crippen LogP contribution in [0.15, 0.2) is 18.2 Å². The van der Waals surface area contributed by atoms with Gasteiger partial charge >= 0.3 is 5.97 Å². The number of phenolic OH excluding ortho intramolecular Hbond substituents is 2. The lowest BCUT2D eigenvalue weighted by Gasteiger charge is -2.06. The summed E-state index contributed by atoms with van der Waals surface area (Å²) in [5, 5.41) is 27.3. The number of Topliss-reactive ketones (excluding diaryl/α,β-unsaturated/α-hetero) is 1. The summed E-state index contributed by atoms with van der Waals surface area (Å²) in [6, 6.07) is 3.08. The van der Waals surface area contributed by atoms with Gasteiger partial charge in [-0.25, -0.2) is 0 Å². The van der Waals surface area contributed by atoms with E-state index < -0.39 is 12.0 Å². The van der Waals surface area contributed by atoms with Gasteiger partial charge in [0.15, 0.2) is 5.78 Å². The number of benzene rings is 1. The predicted octanol–water partition coefficient (Wildman–Crippen LogP) is 2.03. The summed E-state index contributed by atoms with van der Waals surface area (Å²) in [6.45, 7) is 0. The molecule has 0 amide bonds. The number of phenols is 2. The smallest absolute Gasteiger partial charge is 0.320 e. The van der Waals surface area contributed by atoms with Crippen molar-refractivity contribution in [2.24, 2.45) is 5.73 Å². The minimum Gasteiger partial charge on any atom is -0.508 e. The highest BCUT2D eigenvalue weighted by molar-refractivity contribution is 5.98. The second-order valence-electron chi connectivity index (χ2n) is 5.02. The first-order valence-corrected chi connectivity index (χ1v) is 6.95. The molecule has 0 fully saturated rings. The van der Waals surface area contributed by atoms with Crippen LogP contribution in [0, 0.1) is 0 Å². The Morgan fingerprint density at radius 3 is 2.38 bits per heavy atom. The van der Waals surface area contributed by atoms with E-state index in [9.17, 15) is 14.7 Å². The Morgan fingerprint density at radius 2 is 1.76 bits per heavy atom. The molecule has 1 aromatic carbocycles. The third kappa shape index (κ3) is 5.83. The number of nitrogens with two attached hydrogens (primary N) is 1. The van der Waals surface area contributed by atoms with E-state index in [1.54, 1.807) is 0 Å². The number of hydrogen-bond donors (Lipinski definition) is 4. The van der Waals surface area contributed by atoms with Crippen LogP contribution in [0.3, 0.4) is 0 Å². The molecule has 1 aromatic rings. The first-order chi connectivity index (χ1) is 9.91. The van der Waals surface area contributed by atoms with Crippen molar-refractivity contribution in [3.05, 3.63) is 23.8 Å². The van der Waals surface area contributed by atoms with Gasteiger partial charge in [-0.1, -0.05) is 19.3 Å². The molecule has 0 aliphatic rings. The van der Waals surface area contributed by atoms with Crippen LogP contribution in [0.4, 0.5) is 0 Å². The van der Waals surface area contributed by atoms with Crippen LogP contribution in [-0.2, 0) is 4.79 Å². The molecule has 0 spiro atoms. The second-order valence-corrected chi connectivity index (χ2v) is 5.02. The fourth-order valence-electron chi connectivity index (χ4n) is 2.02. The zero-order valence-corrected chi connectivity index (χ0v) is 11.8. The van der Waals surface area contributed by atoms with Gasteiger partial charge in [0.25, 0.3) is 0 Å². The third-order valence-electron chi connectivity index (χ3n) is 3.27. The molecule has 0 bridgehead atoms. The third-order valence-corrected chi connectivity index (χ3v) is 3.27. The Bertz CT molecular complexity index is 501. The lowest BCUT2D eigenvalue weighted by atomic mass is 10.0. The molecule has 1 rings (SSSR count). The maximum absolute atomic E-state index is 11.9. The molecule has 6 heteroatoms. The van der Waals surface area contributed by atoms with Crippen LogP contribution in [0.5, 0.6) is 11.5 Å². The van der Waals surface area contributed by atoms with Crippen LogP contribution >= 0.6 is 0 Å². The number of carboxylic acid groups (broad SMARTS) is 1. The van der Waals surface area contributed by atoms with Gasteiger partial charge < -0.3 is 21.1 Å². The van der Waals surface area contributed by atoms with Gasteiger partial charge in [0.2, 0.25) is 0 Å². The highest BCUT2D eigenvalue weighted by Gasteiger charge is 2.12. The van der Waals surface area contributed by atoms with Crippen LogP contribution < -0.4 is 5.73 Å². The molecule has 5 N–H and O–H groups in total. The topological polar surface area (TPSA) is 121 Å². The van der Waals surface area contributed by atoms with Gasteiger partial charge in [-0.15, -0.1) is 0 Å². The Labute approximate surface area is 123 Å². The molecule has 21 heavy (non-hydrogen) atoms. The summed E-state index contributed by atoms with van der Waals surface area (Å²) in [4.78, 5) is 22.4. The van der Waals surface area contributed by atoms with Gasteiger partial charge in [-0.2, -0.15) is 0 Å². The molecule has 0 saturated carbocycles. The van der Waals surface area contributed by atoms with Crippen molar-refractivity contribution >= 4 is 11.8 Å². The Hall–Kier alpha value is -2.08. The highest BCUT2D eigenvalue weighted by atomic mass is 16.4. The first-order valence-electron chi connectivity index (χ1n) is 6.95. The summed E-state index contributed by atoms with van der Waals surface area (Å²) in [5.74, 6) is -1.46. The normalized spacial score (nSPS) is 12.0. The minimum absolute atomic E-state index is 0.0844. The fraction of sp³-hybridized carbons (Fsp3) is 0.467. The fourth-order valence-corrected chi connectivity index (χ4v) is 2.02. The number of carbonyl (C=O) groups excluding carboxylic acids is 1. The number of carboxylic acids is 1. The largest absolute Gasteiger partial charge is 0.508 e. The number of hydrogen-bond acceptors (Lipinski definition) is 5. The summed E-state index contributed by atoms with van der Waals surface area (Å²) in [5.41, 5.74) is 5.59. The van der Waals surface area contributed by atoms with E-state index in [1.807, 2.05) is 0 Å². The average molecular weight is 295 g/mol. The van der Waals surface area contributed by atoms with Crippen LogP contribution in [0.25, 0.3) is 0 Å². The number of aromatic hydroxyl groups is 2. The molecule has 0 radical (unpaired) electrons. The molecule has 0 heterocycles. The van der Waals surface area contributed by atoms with E-state index in [0.717, 1.165) is 18.9 Å². The monoisotopic (exact) mass is 295 g/mol. The van der Waals surface area contributed by atoms with Crippen molar-refractivity contribution < 1.29 is 24.9 Å². The summed E-state index contributed by atoms with van der Waals surface area (Å²) in [7, 11) is 0.